The van der Waals surface area contributed by atoms with Gasteiger partial charge in [0, 0.05) is 32.8 Å². The van der Waals surface area contributed by atoms with Crippen LogP contribution in [0.2, 0.25) is 0 Å². The lowest BCUT2D eigenvalue weighted by Crippen LogP contribution is -2.27. The minimum Gasteiger partial charge on any atom is -0.383 e. The third-order valence-electron chi connectivity index (χ3n) is 3.48. The van der Waals surface area contributed by atoms with Gasteiger partial charge >= 0.3 is 0 Å². The van der Waals surface area contributed by atoms with E-state index in [1.165, 1.54) is 12.1 Å². The Morgan fingerprint density at radius 2 is 2.19 bits per heavy atom. The molecule has 2 rings (SSSR count). The topological polar surface area (TPSA) is 30.3 Å². The highest BCUT2D eigenvalue weighted by Crippen LogP contribution is 2.25. The molecule has 0 N–H and O–H groups in total. The quantitative estimate of drug-likeness (QED) is 0.736. The SMILES string of the molecule is COCCN(C)CCn1c(C(C)Cl)nc2cc(F)ccc21. The fourth-order valence-corrected chi connectivity index (χ4v) is 2.46. The van der Waals surface area contributed by atoms with Crippen molar-refractivity contribution in [3.8, 4) is 0 Å². The van der Waals surface area contributed by atoms with Gasteiger partial charge in [0.05, 0.1) is 23.0 Å². The van der Waals surface area contributed by atoms with Gasteiger partial charge in [0.25, 0.3) is 0 Å². The first-order valence-electron chi connectivity index (χ1n) is 7.00. The van der Waals surface area contributed by atoms with Crippen molar-refractivity contribution in [2.75, 3.05) is 33.9 Å². The van der Waals surface area contributed by atoms with Crippen LogP contribution in [0.15, 0.2) is 18.2 Å². The molecule has 2 aromatic rings. The van der Waals surface area contributed by atoms with Crippen LogP contribution in [0, 0.1) is 5.82 Å². The maximum atomic E-state index is 13.3. The van der Waals surface area contributed by atoms with Crippen LogP contribution in [0.1, 0.15) is 18.1 Å². The number of aromatic nitrogens is 2. The van der Waals surface area contributed by atoms with Crippen LogP contribution in [-0.4, -0.2) is 48.3 Å². The number of fused-ring (bicyclic) bond motifs is 1. The van der Waals surface area contributed by atoms with Gasteiger partial charge in [0.1, 0.15) is 11.6 Å². The predicted octanol–water partition coefficient (Wildman–Crippen LogP) is 3.05. The predicted molar refractivity (Wildman–Crippen MR) is 83.3 cm³/mol. The molecule has 1 aromatic heterocycles. The van der Waals surface area contributed by atoms with Crippen molar-refractivity contribution in [3.05, 3.63) is 29.8 Å². The minimum atomic E-state index is -0.280. The first kappa shape index (κ1) is 16.2. The van der Waals surface area contributed by atoms with Crippen LogP contribution >= 0.6 is 11.6 Å². The molecule has 0 saturated carbocycles. The van der Waals surface area contributed by atoms with Crippen LogP contribution in [0.25, 0.3) is 11.0 Å². The summed E-state index contributed by atoms with van der Waals surface area (Å²) in [5.74, 6) is 0.496. The third-order valence-corrected chi connectivity index (χ3v) is 3.67. The Labute approximate surface area is 129 Å². The molecule has 0 radical (unpaired) electrons. The number of rotatable bonds is 7. The van der Waals surface area contributed by atoms with Gasteiger partial charge < -0.3 is 14.2 Å². The Morgan fingerprint density at radius 3 is 2.86 bits per heavy atom. The summed E-state index contributed by atoms with van der Waals surface area (Å²) in [5, 5.41) is -0.218. The number of imidazole rings is 1. The lowest BCUT2D eigenvalue weighted by atomic mass is 10.3. The molecular weight excluding hydrogens is 293 g/mol. The molecule has 0 spiro atoms. The lowest BCUT2D eigenvalue weighted by molar-refractivity contribution is 0.159. The van der Waals surface area contributed by atoms with E-state index in [-0.39, 0.29) is 11.2 Å². The summed E-state index contributed by atoms with van der Waals surface area (Å²) >= 11 is 6.21. The molecule has 116 valence electrons. The fourth-order valence-electron chi connectivity index (χ4n) is 2.29. The highest BCUT2D eigenvalue weighted by atomic mass is 35.5. The van der Waals surface area contributed by atoms with Crippen LogP contribution in [0.5, 0.6) is 0 Å². The molecule has 0 bridgehead atoms. The van der Waals surface area contributed by atoms with Gasteiger partial charge in [0.15, 0.2) is 0 Å². The molecule has 0 saturated heterocycles. The molecule has 1 atom stereocenters. The number of benzene rings is 1. The van der Waals surface area contributed by atoms with Crippen LogP contribution < -0.4 is 0 Å². The van der Waals surface area contributed by atoms with Gasteiger partial charge in [-0.1, -0.05) is 0 Å². The molecule has 0 aliphatic carbocycles. The van der Waals surface area contributed by atoms with Gasteiger partial charge in [-0.3, -0.25) is 0 Å². The Bertz CT molecular complexity index is 600. The van der Waals surface area contributed by atoms with Crippen molar-refractivity contribution >= 4 is 22.6 Å². The Hall–Kier alpha value is -1.17. The van der Waals surface area contributed by atoms with Crippen molar-refractivity contribution in [2.45, 2.75) is 18.8 Å². The molecule has 1 unspecified atom stereocenters. The first-order valence-corrected chi connectivity index (χ1v) is 7.43. The second-order valence-electron chi connectivity index (χ2n) is 5.17. The minimum absolute atomic E-state index is 0.218. The highest BCUT2D eigenvalue weighted by molar-refractivity contribution is 6.20. The highest BCUT2D eigenvalue weighted by Gasteiger charge is 2.15. The molecule has 4 nitrogen and oxygen atoms in total. The zero-order valence-corrected chi connectivity index (χ0v) is 13.4. The summed E-state index contributed by atoms with van der Waals surface area (Å²) in [6.07, 6.45) is 0. The summed E-state index contributed by atoms with van der Waals surface area (Å²) < 4.78 is 20.5. The average molecular weight is 314 g/mol. The van der Waals surface area contributed by atoms with E-state index in [9.17, 15) is 4.39 Å². The smallest absolute Gasteiger partial charge is 0.127 e. The van der Waals surface area contributed by atoms with Crippen molar-refractivity contribution in [1.82, 2.24) is 14.5 Å². The maximum Gasteiger partial charge on any atom is 0.127 e. The fraction of sp³-hybridized carbons (Fsp3) is 0.533. The molecule has 1 heterocycles. The van der Waals surface area contributed by atoms with Gasteiger partial charge in [0.2, 0.25) is 0 Å². The van der Waals surface area contributed by atoms with E-state index in [1.807, 2.05) is 14.0 Å². The van der Waals surface area contributed by atoms with Crippen molar-refractivity contribution < 1.29 is 9.13 Å². The number of methoxy groups -OCH3 is 1. The average Bonchev–Trinajstić information content (AvgIpc) is 2.80. The zero-order chi connectivity index (χ0) is 15.4. The van der Waals surface area contributed by atoms with E-state index in [0.717, 1.165) is 31.0 Å². The number of hydrogen-bond donors (Lipinski definition) is 0. The molecule has 0 aliphatic heterocycles. The van der Waals surface area contributed by atoms with E-state index in [2.05, 4.69) is 14.5 Å². The Balaban J connectivity index is 2.22. The van der Waals surface area contributed by atoms with Gasteiger partial charge in [-0.25, -0.2) is 9.37 Å². The summed E-state index contributed by atoms with van der Waals surface area (Å²) in [7, 11) is 3.74. The van der Waals surface area contributed by atoms with Gasteiger partial charge in [-0.05, 0) is 26.1 Å². The molecule has 0 fully saturated rings. The number of nitrogens with zero attached hydrogens (tertiary/aromatic N) is 3. The number of halogens is 2. The van der Waals surface area contributed by atoms with Crippen molar-refractivity contribution in [2.24, 2.45) is 0 Å². The standard InChI is InChI=1S/C15H21ClFN3O/c1-11(16)15-18-13-10-12(17)4-5-14(13)20(15)7-6-19(2)8-9-21-3/h4-5,10-11H,6-9H2,1-3H3. The summed E-state index contributed by atoms with van der Waals surface area (Å²) in [4.78, 5) is 6.64. The van der Waals surface area contributed by atoms with E-state index < -0.39 is 0 Å². The summed E-state index contributed by atoms with van der Waals surface area (Å²) in [5.41, 5.74) is 1.57. The molecule has 1 aromatic carbocycles. The van der Waals surface area contributed by atoms with Crippen molar-refractivity contribution in [3.63, 3.8) is 0 Å². The van der Waals surface area contributed by atoms with E-state index in [4.69, 9.17) is 16.3 Å². The summed E-state index contributed by atoms with van der Waals surface area (Å²) in [6, 6.07) is 4.66. The first-order chi connectivity index (χ1) is 10.0. The number of alkyl halides is 1. The Morgan fingerprint density at radius 1 is 1.43 bits per heavy atom. The van der Waals surface area contributed by atoms with Crippen molar-refractivity contribution in [1.29, 1.82) is 0 Å². The van der Waals surface area contributed by atoms with E-state index >= 15 is 0 Å². The van der Waals surface area contributed by atoms with Crippen LogP contribution in [0.3, 0.4) is 0 Å². The van der Waals surface area contributed by atoms with Crippen LogP contribution in [-0.2, 0) is 11.3 Å². The zero-order valence-electron chi connectivity index (χ0n) is 12.6. The number of likely N-dealkylation sites (N-methyl/N-ethyl adjacent to an activating group) is 1. The third kappa shape index (κ3) is 3.93. The number of ether oxygens (including phenoxy) is 1. The maximum absolute atomic E-state index is 13.3. The monoisotopic (exact) mass is 313 g/mol. The van der Waals surface area contributed by atoms with Gasteiger partial charge in [-0.15, -0.1) is 11.6 Å². The normalized spacial score (nSPS) is 13.2. The van der Waals surface area contributed by atoms with Crippen LogP contribution in [0.4, 0.5) is 4.39 Å². The second-order valence-corrected chi connectivity index (χ2v) is 5.82. The molecule has 0 amide bonds. The second kappa shape index (κ2) is 7.20. The number of hydrogen-bond acceptors (Lipinski definition) is 3. The van der Waals surface area contributed by atoms with E-state index in [1.54, 1.807) is 13.2 Å². The molecular formula is C15H21ClFN3O. The molecule has 0 aliphatic rings. The molecule has 6 heteroatoms. The van der Waals surface area contributed by atoms with Gasteiger partial charge in [-0.2, -0.15) is 0 Å². The van der Waals surface area contributed by atoms with E-state index in [0.29, 0.717) is 12.1 Å². The molecule has 21 heavy (non-hydrogen) atoms. The lowest BCUT2D eigenvalue weighted by Gasteiger charge is -2.18. The largest absolute Gasteiger partial charge is 0.383 e. The summed E-state index contributed by atoms with van der Waals surface area (Å²) in [6.45, 7) is 5.05. The Kier molecular flexibility index (Phi) is 5.56.